The van der Waals surface area contributed by atoms with Crippen molar-refractivity contribution in [3.05, 3.63) is 54.4 Å². The number of ether oxygens (including phenoxy) is 2. The smallest absolute Gasteiger partial charge is 0.433 e. The Bertz CT molecular complexity index is 1600. The molecule has 0 bridgehead atoms. The van der Waals surface area contributed by atoms with Gasteiger partial charge in [0.2, 0.25) is 5.88 Å². The van der Waals surface area contributed by atoms with Crippen LogP contribution in [-0.4, -0.2) is 91.1 Å². The van der Waals surface area contributed by atoms with Crippen LogP contribution in [0.15, 0.2) is 43.1 Å². The van der Waals surface area contributed by atoms with Crippen LogP contribution in [0.5, 0.6) is 5.88 Å². The largest absolute Gasteiger partial charge is 0.474 e. The number of alkyl halides is 3. The molecule has 4 aromatic rings. The van der Waals surface area contributed by atoms with Gasteiger partial charge in [-0.3, -0.25) is 14.5 Å². The fourth-order valence-electron chi connectivity index (χ4n) is 6.11. The van der Waals surface area contributed by atoms with Gasteiger partial charge < -0.3 is 14.5 Å². The molecule has 2 aliphatic rings. The molecule has 4 aromatic heterocycles. The normalized spacial score (nSPS) is 17.8. The van der Waals surface area contributed by atoms with Crippen molar-refractivity contribution >= 4 is 11.0 Å². The van der Waals surface area contributed by atoms with E-state index in [0.29, 0.717) is 77.3 Å². The lowest BCUT2D eigenvalue weighted by atomic mass is 10.0. The van der Waals surface area contributed by atoms with Crippen LogP contribution >= 0.6 is 0 Å². The van der Waals surface area contributed by atoms with Crippen molar-refractivity contribution in [1.29, 1.82) is 5.26 Å². The quantitative estimate of drug-likeness (QED) is 0.238. The molecule has 2 aliphatic heterocycles. The second-order valence-electron chi connectivity index (χ2n) is 11.6. The Morgan fingerprint density at radius 2 is 1.96 bits per heavy atom. The monoisotopic (exact) mass is 623 g/mol. The van der Waals surface area contributed by atoms with Gasteiger partial charge in [0.15, 0.2) is 0 Å². The Morgan fingerprint density at radius 3 is 2.73 bits per heavy atom. The SMILES string of the molecule is N#CCCC[C@@H](Cn1cc(-c2ncnc3[nH]ccc23)cn1)N1CCC(Oc2cc(CN3CCOCC3)cc(C(F)(F)F)n2)CC1. The van der Waals surface area contributed by atoms with Gasteiger partial charge >= 0.3 is 6.18 Å². The molecule has 0 radical (unpaired) electrons. The van der Waals surface area contributed by atoms with Crippen LogP contribution in [0.1, 0.15) is 43.4 Å². The summed E-state index contributed by atoms with van der Waals surface area (Å²) >= 11 is 0. The molecule has 11 nitrogen and oxygen atoms in total. The van der Waals surface area contributed by atoms with Gasteiger partial charge in [-0.25, -0.2) is 15.0 Å². The highest BCUT2D eigenvalue weighted by Crippen LogP contribution is 2.32. The first-order valence-electron chi connectivity index (χ1n) is 15.3. The molecule has 6 heterocycles. The van der Waals surface area contributed by atoms with Gasteiger partial charge in [0.25, 0.3) is 0 Å². The molecule has 2 saturated heterocycles. The van der Waals surface area contributed by atoms with Crippen LogP contribution in [-0.2, 0) is 24.0 Å². The maximum Gasteiger partial charge on any atom is 0.433 e. The number of morpholine rings is 1. The topological polar surface area (TPSA) is 121 Å². The average Bonchev–Trinajstić information content (AvgIpc) is 3.71. The van der Waals surface area contributed by atoms with E-state index in [9.17, 15) is 13.2 Å². The number of unbranched alkanes of at least 4 members (excludes halogenated alkanes) is 1. The summed E-state index contributed by atoms with van der Waals surface area (Å²) in [6, 6.07) is 7.06. The van der Waals surface area contributed by atoms with Gasteiger partial charge in [-0.1, -0.05) is 0 Å². The second kappa shape index (κ2) is 13.9. The number of hydrogen-bond donors (Lipinski definition) is 1. The number of H-pyrrole nitrogens is 1. The molecule has 0 spiro atoms. The first kappa shape index (κ1) is 30.9. The van der Waals surface area contributed by atoms with Crippen LogP contribution < -0.4 is 4.74 Å². The van der Waals surface area contributed by atoms with Crippen LogP contribution in [0.25, 0.3) is 22.3 Å². The predicted octanol–water partition coefficient (Wildman–Crippen LogP) is 4.67. The average molecular weight is 624 g/mol. The van der Waals surface area contributed by atoms with E-state index in [1.165, 1.54) is 6.33 Å². The Kier molecular flexibility index (Phi) is 9.58. The number of rotatable bonds is 11. The highest BCUT2D eigenvalue weighted by Gasteiger charge is 2.34. The van der Waals surface area contributed by atoms with Gasteiger partial charge in [0.05, 0.1) is 37.7 Å². The summed E-state index contributed by atoms with van der Waals surface area (Å²) in [7, 11) is 0. The minimum atomic E-state index is -4.56. The summed E-state index contributed by atoms with van der Waals surface area (Å²) in [5.74, 6) is 0.0161. The van der Waals surface area contributed by atoms with E-state index >= 15 is 0 Å². The van der Waals surface area contributed by atoms with Gasteiger partial charge in [0.1, 0.15) is 23.8 Å². The zero-order chi connectivity index (χ0) is 31.2. The molecule has 6 rings (SSSR count). The highest BCUT2D eigenvalue weighted by molar-refractivity contribution is 5.89. The third-order valence-corrected chi connectivity index (χ3v) is 8.43. The fraction of sp³-hybridized carbons (Fsp3) is 0.516. The summed E-state index contributed by atoms with van der Waals surface area (Å²) in [5.41, 5.74) is 2.06. The number of likely N-dealkylation sites (tertiary alicyclic amines) is 1. The fourth-order valence-corrected chi connectivity index (χ4v) is 6.11. The predicted molar refractivity (Wildman–Crippen MR) is 159 cm³/mol. The zero-order valence-electron chi connectivity index (χ0n) is 24.9. The lowest BCUT2D eigenvalue weighted by Gasteiger charge is -2.37. The number of halogens is 3. The van der Waals surface area contributed by atoms with E-state index in [1.807, 2.05) is 23.1 Å². The van der Waals surface area contributed by atoms with Gasteiger partial charge in [0, 0.05) is 74.6 Å². The lowest BCUT2D eigenvalue weighted by molar-refractivity contribution is -0.141. The molecular weight excluding hydrogens is 587 g/mol. The molecule has 45 heavy (non-hydrogen) atoms. The highest BCUT2D eigenvalue weighted by atomic mass is 19.4. The lowest BCUT2D eigenvalue weighted by Crippen LogP contribution is -2.46. The van der Waals surface area contributed by atoms with Gasteiger partial charge in [-0.2, -0.15) is 23.5 Å². The molecule has 0 saturated carbocycles. The van der Waals surface area contributed by atoms with Crippen LogP contribution in [0.2, 0.25) is 0 Å². The van der Waals surface area contributed by atoms with Crippen LogP contribution in [0.3, 0.4) is 0 Å². The Balaban J connectivity index is 1.10. The van der Waals surface area contributed by atoms with E-state index in [0.717, 1.165) is 41.2 Å². The molecule has 14 heteroatoms. The number of pyridine rings is 1. The van der Waals surface area contributed by atoms with E-state index < -0.39 is 11.9 Å². The van der Waals surface area contributed by atoms with Crippen molar-refractivity contribution in [1.82, 2.24) is 39.5 Å². The van der Waals surface area contributed by atoms with Crippen molar-refractivity contribution in [3.8, 4) is 23.2 Å². The third kappa shape index (κ3) is 7.78. The molecular formula is C31H36F3N9O2. The number of hydrogen-bond acceptors (Lipinski definition) is 9. The van der Waals surface area contributed by atoms with Crippen LogP contribution in [0.4, 0.5) is 13.2 Å². The van der Waals surface area contributed by atoms with Crippen molar-refractivity contribution in [2.75, 3.05) is 39.4 Å². The summed E-state index contributed by atoms with van der Waals surface area (Å²) in [4.78, 5) is 20.1. The number of aromatic amines is 1. The van der Waals surface area contributed by atoms with Crippen molar-refractivity contribution in [3.63, 3.8) is 0 Å². The van der Waals surface area contributed by atoms with Crippen molar-refractivity contribution in [2.45, 2.75) is 63.5 Å². The molecule has 1 atom stereocenters. The number of fused-ring (bicyclic) bond motifs is 1. The zero-order valence-corrected chi connectivity index (χ0v) is 24.9. The number of nitrogens with zero attached hydrogens (tertiary/aromatic N) is 8. The van der Waals surface area contributed by atoms with Crippen molar-refractivity contribution in [2.24, 2.45) is 0 Å². The molecule has 0 amide bonds. The van der Waals surface area contributed by atoms with E-state index in [-0.39, 0.29) is 18.0 Å². The Morgan fingerprint density at radius 1 is 1.13 bits per heavy atom. The van der Waals surface area contributed by atoms with Gasteiger partial charge in [-0.15, -0.1) is 0 Å². The number of nitrogens with one attached hydrogen (secondary N) is 1. The first-order valence-corrected chi connectivity index (χ1v) is 15.3. The minimum Gasteiger partial charge on any atom is -0.474 e. The molecule has 2 fully saturated rings. The Labute approximate surface area is 259 Å². The van der Waals surface area contributed by atoms with E-state index in [4.69, 9.17) is 14.7 Å². The number of piperidine rings is 1. The molecule has 0 aromatic carbocycles. The van der Waals surface area contributed by atoms with Crippen molar-refractivity contribution < 1.29 is 22.6 Å². The van der Waals surface area contributed by atoms with E-state index in [1.54, 1.807) is 12.3 Å². The first-order chi connectivity index (χ1) is 21.9. The second-order valence-corrected chi connectivity index (χ2v) is 11.6. The minimum absolute atomic E-state index is 0.0161. The maximum atomic E-state index is 13.7. The molecule has 0 aliphatic carbocycles. The standard InChI is InChI=1S/C31H36F3N9O2/c32-31(33,34)27-15-22(18-41-11-13-44-14-12-41)16-28(40-27)45-25-5-9-42(10-6-25)24(3-1-2-7-35)20-43-19-23(17-39-43)29-26-4-8-36-30(26)38-21-37-29/h4,8,15-17,19,21,24-25H,1-3,5-6,9-14,18,20H2,(H,36,37,38)/t24-/m0/s1. The number of nitriles is 1. The summed E-state index contributed by atoms with van der Waals surface area (Å²) in [5, 5.41) is 14.7. The molecule has 1 N–H and O–H groups in total. The summed E-state index contributed by atoms with van der Waals surface area (Å²) in [6.45, 7) is 4.93. The third-order valence-electron chi connectivity index (χ3n) is 8.43. The maximum absolute atomic E-state index is 13.7. The van der Waals surface area contributed by atoms with E-state index in [2.05, 4.69) is 40.9 Å². The molecule has 0 unspecified atom stereocenters. The number of aromatic nitrogens is 6. The molecule has 238 valence electrons. The summed E-state index contributed by atoms with van der Waals surface area (Å²) < 4.78 is 54.5. The van der Waals surface area contributed by atoms with Crippen LogP contribution in [0, 0.1) is 11.3 Å². The van der Waals surface area contributed by atoms with Gasteiger partial charge in [-0.05, 0) is 43.4 Å². The Hall–Kier alpha value is -4.06. The summed E-state index contributed by atoms with van der Waals surface area (Å²) in [6.07, 6.45) is 5.71.